The van der Waals surface area contributed by atoms with Crippen LogP contribution in [-0.2, 0) is 11.2 Å². The lowest BCUT2D eigenvalue weighted by Crippen LogP contribution is -2.26. The van der Waals surface area contributed by atoms with Gasteiger partial charge in [0.25, 0.3) is 5.91 Å². The van der Waals surface area contributed by atoms with E-state index in [1.165, 1.54) is 28.8 Å². The van der Waals surface area contributed by atoms with Gasteiger partial charge in [0, 0.05) is 23.2 Å². The maximum absolute atomic E-state index is 13.2. The molecule has 0 aliphatic rings. The van der Waals surface area contributed by atoms with Crippen LogP contribution in [-0.4, -0.2) is 34.4 Å². The number of nitrogens with one attached hydrogen (secondary N) is 1. The number of hydrogen-bond donors (Lipinski definition) is 2. The molecule has 0 bridgehead atoms. The number of halogens is 3. The summed E-state index contributed by atoms with van der Waals surface area (Å²) in [5.41, 5.74) is 1.72. The van der Waals surface area contributed by atoms with E-state index in [0.29, 0.717) is 28.7 Å². The second kappa shape index (κ2) is 8.71. The fourth-order valence-corrected chi connectivity index (χ4v) is 3.37. The SMILES string of the molecule is CCCNC(=O)Cc1c(C)n(C(=O)c2ccc(OC(F)(F)F)cc2)c2ccc(O)cc12. The molecule has 3 aromatic rings. The number of fused-ring (bicyclic) bond motifs is 1. The van der Waals surface area contributed by atoms with E-state index in [0.717, 1.165) is 18.6 Å². The highest BCUT2D eigenvalue weighted by molar-refractivity contribution is 6.05. The third-order valence-electron chi connectivity index (χ3n) is 4.77. The Labute approximate surface area is 176 Å². The van der Waals surface area contributed by atoms with Gasteiger partial charge in [-0.25, -0.2) is 0 Å². The second-order valence-electron chi connectivity index (χ2n) is 7.00. The van der Waals surface area contributed by atoms with Crippen molar-refractivity contribution in [2.24, 2.45) is 0 Å². The van der Waals surface area contributed by atoms with E-state index >= 15 is 0 Å². The van der Waals surface area contributed by atoms with Crippen LogP contribution in [0.1, 0.15) is 35.0 Å². The molecule has 0 saturated heterocycles. The molecular formula is C22H21F3N2O4. The van der Waals surface area contributed by atoms with Crippen LogP contribution in [0.3, 0.4) is 0 Å². The lowest BCUT2D eigenvalue weighted by molar-refractivity contribution is -0.274. The maximum atomic E-state index is 13.2. The quantitative estimate of drug-likeness (QED) is 0.606. The first-order valence-electron chi connectivity index (χ1n) is 9.61. The van der Waals surface area contributed by atoms with Crippen LogP contribution in [0.25, 0.3) is 10.9 Å². The van der Waals surface area contributed by atoms with Crippen molar-refractivity contribution in [1.82, 2.24) is 9.88 Å². The summed E-state index contributed by atoms with van der Waals surface area (Å²) in [6, 6.07) is 9.07. The Morgan fingerprint density at radius 3 is 2.42 bits per heavy atom. The molecule has 1 heterocycles. The molecule has 6 nitrogen and oxygen atoms in total. The van der Waals surface area contributed by atoms with Gasteiger partial charge in [-0.3, -0.25) is 14.2 Å². The van der Waals surface area contributed by atoms with Gasteiger partial charge in [-0.1, -0.05) is 6.92 Å². The molecule has 2 aromatic carbocycles. The molecule has 0 spiro atoms. The van der Waals surface area contributed by atoms with E-state index in [9.17, 15) is 27.9 Å². The molecule has 0 aliphatic carbocycles. The largest absolute Gasteiger partial charge is 0.573 e. The molecule has 9 heteroatoms. The van der Waals surface area contributed by atoms with Gasteiger partial charge in [0.2, 0.25) is 5.91 Å². The average Bonchev–Trinajstić information content (AvgIpc) is 2.96. The number of carbonyl (C=O) groups is 2. The summed E-state index contributed by atoms with van der Waals surface area (Å²) in [6.45, 7) is 4.13. The van der Waals surface area contributed by atoms with Crippen LogP contribution in [0, 0.1) is 6.92 Å². The van der Waals surface area contributed by atoms with E-state index in [1.807, 2.05) is 6.92 Å². The predicted molar refractivity (Wildman–Crippen MR) is 108 cm³/mol. The number of hydrogen-bond acceptors (Lipinski definition) is 4. The first-order chi connectivity index (χ1) is 14.6. The van der Waals surface area contributed by atoms with E-state index in [-0.39, 0.29) is 23.6 Å². The number of benzene rings is 2. The fourth-order valence-electron chi connectivity index (χ4n) is 3.37. The van der Waals surface area contributed by atoms with Crippen LogP contribution in [0.15, 0.2) is 42.5 Å². The van der Waals surface area contributed by atoms with Gasteiger partial charge in [-0.2, -0.15) is 0 Å². The highest BCUT2D eigenvalue weighted by Crippen LogP contribution is 2.31. The van der Waals surface area contributed by atoms with E-state index in [4.69, 9.17) is 0 Å². The molecule has 31 heavy (non-hydrogen) atoms. The fraction of sp³-hybridized carbons (Fsp3) is 0.273. The number of phenolic OH excluding ortho intramolecular Hbond substituents is 1. The standard InChI is InChI=1S/C22H21F3N2O4/c1-3-10-26-20(29)12-17-13(2)27(19-9-6-15(28)11-18(17)19)21(30)14-4-7-16(8-5-14)31-22(23,24)25/h4-9,11,28H,3,10,12H2,1-2H3,(H,26,29). The van der Waals surface area contributed by atoms with Crippen LogP contribution in [0.2, 0.25) is 0 Å². The molecule has 0 unspecified atom stereocenters. The van der Waals surface area contributed by atoms with Crippen LogP contribution < -0.4 is 10.1 Å². The lowest BCUT2D eigenvalue weighted by atomic mass is 10.1. The van der Waals surface area contributed by atoms with E-state index in [1.54, 1.807) is 13.0 Å². The average molecular weight is 434 g/mol. The highest BCUT2D eigenvalue weighted by atomic mass is 19.4. The van der Waals surface area contributed by atoms with E-state index in [2.05, 4.69) is 10.1 Å². The van der Waals surface area contributed by atoms with Gasteiger partial charge < -0.3 is 15.2 Å². The summed E-state index contributed by atoms with van der Waals surface area (Å²) in [6.07, 6.45) is -4.03. The van der Waals surface area contributed by atoms with Crippen molar-refractivity contribution < 1.29 is 32.6 Å². The number of ether oxygens (including phenoxy) is 1. The summed E-state index contributed by atoms with van der Waals surface area (Å²) in [7, 11) is 0. The maximum Gasteiger partial charge on any atom is 0.573 e. The first kappa shape index (κ1) is 22.2. The molecule has 0 saturated carbocycles. The number of phenols is 1. The second-order valence-corrected chi connectivity index (χ2v) is 7.00. The number of nitrogens with zero attached hydrogens (tertiary/aromatic N) is 1. The molecule has 0 atom stereocenters. The molecule has 1 aromatic heterocycles. The lowest BCUT2D eigenvalue weighted by Gasteiger charge is -2.10. The number of aromatic hydroxyl groups is 1. The first-order valence-corrected chi connectivity index (χ1v) is 9.61. The minimum absolute atomic E-state index is 0.0130. The molecule has 0 aliphatic heterocycles. The van der Waals surface area contributed by atoms with Crippen molar-refractivity contribution in [2.45, 2.75) is 33.1 Å². The minimum atomic E-state index is -4.83. The highest BCUT2D eigenvalue weighted by Gasteiger charge is 2.31. The number of alkyl halides is 3. The van der Waals surface area contributed by atoms with Crippen molar-refractivity contribution in [3.05, 3.63) is 59.3 Å². The number of carbonyl (C=O) groups excluding carboxylic acids is 2. The smallest absolute Gasteiger partial charge is 0.508 e. The molecule has 3 rings (SSSR count). The Morgan fingerprint density at radius 1 is 1.13 bits per heavy atom. The summed E-state index contributed by atoms with van der Waals surface area (Å²) < 4.78 is 42.3. The topological polar surface area (TPSA) is 80.6 Å². The summed E-state index contributed by atoms with van der Waals surface area (Å²) in [4.78, 5) is 25.4. The zero-order valence-corrected chi connectivity index (χ0v) is 16.9. The number of aromatic nitrogens is 1. The zero-order chi connectivity index (χ0) is 22.8. The molecule has 1 amide bonds. The van der Waals surface area contributed by atoms with Crippen LogP contribution in [0.5, 0.6) is 11.5 Å². The summed E-state index contributed by atoms with van der Waals surface area (Å²) in [5.74, 6) is -1.14. The van der Waals surface area contributed by atoms with Gasteiger partial charge >= 0.3 is 6.36 Å². The van der Waals surface area contributed by atoms with Gasteiger partial charge in [0.05, 0.1) is 11.9 Å². The zero-order valence-electron chi connectivity index (χ0n) is 16.9. The molecule has 2 N–H and O–H groups in total. The Hall–Kier alpha value is -3.49. The van der Waals surface area contributed by atoms with Crippen molar-refractivity contribution in [2.75, 3.05) is 6.54 Å². The van der Waals surface area contributed by atoms with Crippen LogP contribution in [0.4, 0.5) is 13.2 Å². The van der Waals surface area contributed by atoms with Crippen LogP contribution >= 0.6 is 0 Å². The minimum Gasteiger partial charge on any atom is -0.508 e. The Bertz CT molecular complexity index is 1120. The normalized spacial score (nSPS) is 11.5. The van der Waals surface area contributed by atoms with Crippen molar-refractivity contribution in [3.8, 4) is 11.5 Å². The van der Waals surface area contributed by atoms with E-state index < -0.39 is 18.0 Å². The monoisotopic (exact) mass is 434 g/mol. The molecule has 0 fully saturated rings. The molecule has 164 valence electrons. The van der Waals surface area contributed by atoms with Crippen molar-refractivity contribution in [3.63, 3.8) is 0 Å². The third kappa shape index (κ3) is 4.99. The Balaban J connectivity index is 2.00. The number of rotatable bonds is 6. The van der Waals surface area contributed by atoms with Gasteiger partial charge in [0.15, 0.2) is 0 Å². The summed E-state index contributed by atoms with van der Waals surface area (Å²) >= 11 is 0. The number of amides is 1. The summed E-state index contributed by atoms with van der Waals surface area (Å²) in [5, 5.41) is 13.2. The Kier molecular flexibility index (Phi) is 6.24. The van der Waals surface area contributed by atoms with Gasteiger partial charge in [-0.15, -0.1) is 13.2 Å². The molecule has 0 radical (unpaired) electrons. The molecular weight excluding hydrogens is 413 g/mol. The predicted octanol–water partition coefficient (Wildman–Crippen LogP) is 4.31. The van der Waals surface area contributed by atoms with Gasteiger partial charge in [-0.05, 0) is 61.4 Å². The van der Waals surface area contributed by atoms with Crippen molar-refractivity contribution >= 4 is 22.7 Å². The van der Waals surface area contributed by atoms with Gasteiger partial charge in [0.1, 0.15) is 11.5 Å². The van der Waals surface area contributed by atoms with Crippen molar-refractivity contribution in [1.29, 1.82) is 0 Å². The Morgan fingerprint density at radius 2 is 1.81 bits per heavy atom. The third-order valence-corrected chi connectivity index (χ3v) is 4.77.